The number of para-hydroxylation sites is 1. The molecule has 2 heterocycles. The Morgan fingerprint density at radius 2 is 2.04 bits per heavy atom. The highest BCUT2D eigenvalue weighted by atomic mass is 16.5. The maximum Gasteiger partial charge on any atom is 0.307 e. The monoisotopic (exact) mass is 376 g/mol. The smallest absolute Gasteiger partial charge is 0.307 e. The third-order valence-electron chi connectivity index (χ3n) is 5.50. The minimum absolute atomic E-state index is 0.0608. The van der Waals surface area contributed by atoms with Gasteiger partial charge in [-0.1, -0.05) is 30.3 Å². The molecule has 2 atom stereocenters. The van der Waals surface area contributed by atoms with E-state index in [-0.39, 0.29) is 12.0 Å². The molecule has 1 aromatic heterocycles. The number of aliphatic carboxylic acids is 1. The van der Waals surface area contributed by atoms with E-state index in [9.17, 15) is 9.90 Å². The Kier molecular flexibility index (Phi) is 5.26. The number of aromatic nitrogens is 1. The van der Waals surface area contributed by atoms with Crippen LogP contribution in [0.25, 0.3) is 10.9 Å². The first kappa shape index (κ1) is 18.4. The molecule has 4 rings (SSSR count). The first-order chi connectivity index (χ1) is 13.7. The lowest BCUT2D eigenvalue weighted by Gasteiger charge is -2.37. The number of fused-ring (bicyclic) bond motifs is 1. The summed E-state index contributed by atoms with van der Waals surface area (Å²) in [4.78, 5) is 18.5. The lowest BCUT2D eigenvalue weighted by molar-refractivity contribution is -0.143. The number of likely N-dealkylation sites (tertiary alicyclic amines) is 1. The molecule has 0 saturated carbocycles. The summed E-state index contributed by atoms with van der Waals surface area (Å²) in [6.07, 6.45) is 3.52. The van der Waals surface area contributed by atoms with Crippen molar-refractivity contribution in [2.24, 2.45) is 5.92 Å². The maximum absolute atomic E-state index is 11.6. The minimum atomic E-state index is -0.717. The molecular weight excluding hydrogens is 352 g/mol. The summed E-state index contributed by atoms with van der Waals surface area (Å²) in [5.41, 5.74) is 3.11. The number of pyridine rings is 1. The van der Waals surface area contributed by atoms with Gasteiger partial charge in [0.15, 0.2) is 0 Å². The standard InChI is InChI=1S/C23H24N2O3/c1-28-20-9-4-7-17(13-20)22(25-11-5-8-18(15-25)23(26)27)19-12-16-6-2-3-10-21(16)24-14-19/h2-4,6-7,9-10,12-14,18,22H,5,8,11,15H2,1H3,(H,26,27). The number of hydrogen-bond donors (Lipinski definition) is 1. The number of carboxylic acids is 1. The Hall–Kier alpha value is -2.92. The van der Waals surface area contributed by atoms with Gasteiger partial charge in [-0.2, -0.15) is 0 Å². The first-order valence-electron chi connectivity index (χ1n) is 9.61. The maximum atomic E-state index is 11.6. The fraction of sp³-hybridized carbons (Fsp3) is 0.304. The third kappa shape index (κ3) is 3.71. The van der Waals surface area contributed by atoms with Gasteiger partial charge in [-0.3, -0.25) is 14.7 Å². The van der Waals surface area contributed by atoms with Gasteiger partial charge in [0.25, 0.3) is 0 Å². The number of benzene rings is 2. The molecule has 0 radical (unpaired) electrons. The van der Waals surface area contributed by atoms with Gasteiger partial charge in [0.1, 0.15) is 5.75 Å². The van der Waals surface area contributed by atoms with Crippen LogP contribution in [0.5, 0.6) is 5.75 Å². The van der Waals surface area contributed by atoms with Gasteiger partial charge in [-0.05, 0) is 54.8 Å². The van der Waals surface area contributed by atoms with Crippen molar-refractivity contribution in [2.75, 3.05) is 20.2 Å². The fourth-order valence-electron chi connectivity index (χ4n) is 4.11. The van der Waals surface area contributed by atoms with Gasteiger partial charge in [0.2, 0.25) is 0 Å². The Balaban J connectivity index is 1.78. The van der Waals surface area contributed by atoms with Gasteiger partial charge in [0, 0.05) is 18.1 Å². The number of hydrogen-bond acceptors (Lipinski definition) is 4. The number of rotatable bonds is 5. The zero-order valence-corrected chi connectivity index (χ0v) is 15.9. The van der Waals surface area contributed by atoms with Crippen LogP contribution in [0.1, 0.15) is 30.0 Å². The average Bonchev–Trinajstić information content (AvgIpc) is 2.74. The van der Waals surface area contributed by atoms with Crippen LogP contribution >= 0.6 is 0 Å². The predicted octanol–water partition coefficient (Wildman–Crippen LogP) is 4.13. The highest BCUT2D eigenvalue weighted by Gasteiger charge is 2.31. The number of nitrogens with zero attached hydrogens (tertiary/aromatic N) is 2. The van der Waals surface area contributed by atoms with Crippen LogP contribution in [0.2, 0.25) is 0 Å². The summed E-state index contributed by atoms with van der Waals surface area (Å²) in [6.45, 7) is 1.39. The zero-order valence-electron chi connectivity index (χ0n) is 15.9. The fourth-order valence-corrected chi connectivity index (χ4v) is 4.11. The van der Waals surface area contributed by atoms with E-state index in [0.717, 1.165) is 47.2 Å². The van der Waals surface area contributed by atoms with Gasteiger partial charge < -0.3 is 9.84 Å². The lowest BCUT2D eigenvalue weighted by Crippen LogP contribution is -2.41. The van der Waals surface area contributed by atoms with Gasteiger partial charge in [-0.15, -0.1) is 0 Å². The van der Waals surface area contributed by atoms with Crippen molar-refractivity contribution in [1.82, 2.24) is 9.88 Å². The third-order valence-corrected chi connectivity index (χ3v) is 5.50. The molecule has 0 spiro atoms. The van der Waals surface area contributed by atoms with Gasteiger partial charge in [0.05, 0.1) is 24.6 Å². The van der Waals surface area contributed by atoms with Crippen molar-refractivity contribution in [3.05, 3.63) is 71.9 Å². The second kappa shape index (κ2) is 7.98. The molecule has 0 amide bonds. The van der Waals surface area contributed by atoms with E-state index in [0.29, 0.717) is 6.54 Å². The molecular formula is C23H24N2O3. The summed E-state index contributed by atoms with van der Waals surface area (Å²) in [6, 6.07) is 18.2. The molecule has 2 unspecified atom stereocenters. The summed E-state index contributed by atoms with van der Waals surface area (Å²) < 4.78 is 5.43. The Bertz CT molecular complexity index is 988. The first-order valence-corrected chi connectivity index (χ1v) is 9.61. The predicted molar refractivity (Wildman–Crippen MR) is 109 cm³/mol. The van der Waals surface area contributed by atoms with Crippen molar-refractivity contribution in [3.63, 3.8) is 0 Å². The molecule has 0 bridgehead atoms. The highest BCUT2D eigenvalue weighted by molar-refractivity contribution is 5.79. The molecule has 1 aliphatic rings. The van der Waals surface area contributed by atoms with E-state index in [1.165, 1.54) is 0 Å². The Labute approximate surface area is 164 Å². The van der Waals surface area contributed by atoms with E-state index in [1.54, 1.807) is 7.11 Å². The van der Waals surface area contributed by atoms with E-state index < -0.39 is 5.97 Å². The van der Waals surface area contributed by atoms with Crippen molar-refractivity contribution in [1.29, 1.82) is 0 Å². The van der Waals surface area contributed by atoms with Crippen LogP contribution in [-0.2, 0) is 4.79 Å². The lowest BCUT2D eigenvalue weighted by atomic mass is 9.91. The van der Waals surface area contributed by atoms with E-state index in [2.05, 4.69) is 28.1 Å². The molecule has 144 valence electrons. The average molecular weight is 376 g/mol. The minimum Gasteiger partial charge on any atom is -0.497 e. The van der Waals surface area contributed by atoms with Crippen molar-refractivity contribution in [3.8, 4) is 5.75 Å². The quantitative estimate of drug-likeness (QED) is 0.725. The van der Waals surface area contributed by atoms with Crippen LogP contribution in [-0.4, -0.2) is 41.2 Å². The molecule has 5 nitrogen and oxygen atoms in total. The number of ether oxygens (including phenoxy) is 1. The largest absolute Gasteiger partial charge is 0.497 e. The second-order valence-corrected chi connectivity index (χ2v) is 7.31. The van der Waals surface area contributed by atoms with E-state index >= 15 is 0 Å². The summed E-state index contributed by atoms with van der Waals surface area (Å²) in [5, 5.41) is 10.6. The number of piperidine rings is 1. The van der Waals surface area contributed by atoms with Gasteiger partial charge >= 0.3 is 5.97 Å². The molecule has 2 aromatic carbocycles. The second-order valence-electron chi connectivity index (χ2n) is 7.31. The molecule has 1 N–H and O–H groups in total. The van der Waals surface area contributed by atoms with Crippen LogP contribution in [0.4, 0.5) is 0 Å². The van der Waals surface area contributed by atoms with Crippen LogP contribution < -0.4 is 4.74 Å². The Morgan fingerprint density at radius 1 is 1.18 bits per heavy atom. The summed E-state index contributed by atoms with van der Waals surface area (Å²) >= 11 is 0. The van der Waals surface area contributed by atoms with Gasteiger partial charge in [-0.25, -0.2) is 0 Å². The van der Waals surface area contributed by atoms with Crippen molar-refractivity contribution >= 4 is 16.9 Å². The van der Waals surface area contributed by atoms with Crippen LogP contribution in [0.3, 0.4) is 0 Å². The molecule has 28 heavy (non-hydrogen) atoms. The van der Waals surface area contributed by atoms with Crippen molar-refractivity contribution < 1.29 is 14.6 Å². The molecule has 1 saturated heterocycles. The SMILES string of the molecule is COc1cccc(C(c2cnc3ccccc3c2)N2CCCC(C(=O)O)C2)c1. The highest BCUT2D eigenvalue weighted by Crippen LogP contribution is 2.34. The van der Waals surface area contributed by atoms with Crippen molar-refractivity contribution in [2.45, 2.75) is 18.9 Å². The number of carbonyl (C=O) groups is 1. The van der Waals surface area contributed by atoms with E-state index in [1.807, 2.05) is 42.6 Å². The Morgan fingerprint density at radius 3 is 2.86 bits per heavy atom. The van der Waals surface area contributed by atoms with E-state index in [4.69, 9.17) is 4.74 Å². The topological polar surface area (TPSA) is 62.7 Å². The number of methoxy groups -OCH3 is 1. The molecule has 1 fully saturated rings. The number of carboxylic acid groups (broad SMARTS) is 1. The zero-order chi connectivity index (χ0) is 19.5. The summed E-state index contributed by atoms with van der Waals surface area (Å²) in [5.74, 6) is -0.260. The molecule has 1 aliphatic heterocycles. The van der Waals surface area contributed by atoms with Crippen LogP contribution in [0.15, 0.2) is 60.8 Å². The summed E-state index contributed by atoms with van der Waals surface area (Å²) in [7, 11) is 1.66. The molecule has 3 aromatic rings. The van der Waals surface area contributed by atoms with Crippen LogP contribution in [0, 0.1) is 5.92 Å². The molecule has 5 heteroatoms. The molecule has 0 aliphatic carbocycles. The normalized spacial score (nSPS) is 18.7.